The van der Waals surface area contributed by atoms with E-state index in [1.807, 2.05) is 44.2 Å². The lowest BCUT2D eigenvalue weighted by Crippen LogP contribution is -2.35. The highest BCUT2D eigenvalue weighted by Gasteiger charge is 2.22. The van der Waals surface area contributed by atoms with Gasteiger partial charge in [0, 0.05) is 31.7 Å². The Kier molecular flexibility index (Phi) is 5.43. The maximum atomic E-state index is 12.6. The summed E-state index contributed by atoms with van der Waals surface area (Å²) in [6.07, 6.45) is 2.70. The normalized spacial score (nSPS) is 15.4. The van der Waals surface area contributed by atoms with Crippen LogP contribution in [0.3, 0.4) is 0 Å². The average Bonchev–Trinajstić information content (AvgIpc) is 3.03. The topological polar surface area (TPSA) is 65.7 Å². The van der Waals surface area contributed by atoms with E-state index in [1.165, 1.54) is 0 Å². The number of nitrogens with one attached hydrogen (secondary N) is 1. The first-order valence-electron chi connectivity index (χ1n) is 8.97. The molecule has 0 aliphatic carbocycles. The van der Waals surface area contributed by atoms with Crippen LogP contribution in [0.5, 0.6) is 0 Å². The molecule has 2 aromatic rings. The van der Waals surface area contributed by atoms with Gasteiger partial charge in [0.25, 0.3) is 5.91 Å². The number of para-hydroxylation sites is 2. The molecule has 5 heteroatoms. The van der Waals surface area contributed by atoms with E-state index in [1.54, 1.807) is 0 Å². The van der Waals surface area contributed by atoms with Crippen molar-refractivity contribution in [3.05, 3.63) is 47.4 Å². The van der Waals surface area contributed by atoms with Crippen molar-refractivity contribution >= 4 is 17.3 Å². The van der Waals surface area contributed by atoms with Gasteiger partial charge in [-0.2, -0.15) is 0 Å². The number of rotatable bonds is 5. The Hall–Kier alpha value is -2.27. The summed E-state index contributed by atoms with van der Waals surface area (Å²) in [6.45, 7) is 5.92. The third kappa shape index (κ3) is 3.87. The summed E-state index contributed by atoms with van der Waals surface area (Å²) < 4.78 is 5.66. The summed E-state index contributed by atoms with van der Waals surface area (Å²) in [5.41, 5.74) is 2.67. The predicted octanol–water partition coefficient (Wildman–Crippen LogP) is 3.61. The zero-order chi connectivity index (χ0) is 17.8. The van der Waals surface area contributed by atoms with Gasteiger partial charge in [-0.1, -0.05) is 19.1 Å². The van der Waals surface area contributed by atoms with Crippen LogP contribution < -0.4 is 10.2 Å². The second-order valence-electron chi connectivity index (χ2n) is 6.66. The molecule has 2 heterocycles. The molecule has 0 radical (unpaired) electrons. The molecule has 2 N–H and O–H groups in total. The molecule has 5 nitrogen and oxygen atoms in total. The number of aliphatic hydroxyl groups excluding tert-OH is 1. The van der Waals surface area contributed by atoms with Gasteiger partial charge in [-0.15, -0.1) is 0 Å². The predicted molar refractivity (Wildman–Crippen MR) is 99.2 cm³/mol. The molecule has 1 fully saturated rings. The molecule has 1 saturated heterocycles. The lowest BCUT2D eigenvalue weighted by Gasteiger charge is -2.34. The van der Waals surface area contributed by atoms with E-state index in [-0.39, 0.29) is 12.5 Å². The van der Waals surface area contributed by atoms with Gasteiger partial charge in [0.1, 0.15) is 5.76 Å². The fourth-order valence-electron chi connectivity index (χ4n) is 3.34. The van der Waals surface area contributed by atoms with Crippen molar-refractivity contribution < 1.29 is 14.3 Å². The number of piperidine rings is 1. The monoisotopic (exact) mass is 342 g/mol. The van der Waals surface area contributed by atoms with E-state index in [9.17, 15) is 9.90 Å². The van der Waals surface area contributed by atoms with Gasteiger partial charge in [-0.3, -0.25) is 4.79 Å². The van der Waals surface area contributed by atoms with Crippen LogP contribution in [0.4, 0.5) is 11.4 Å². The molecule has 1 aromatic heterocycles. The third-order valence-corrected chi connectivity index (χ3v) is 4.89. The van der Waals surface area contributed by atoms with Gasteiger partial charge in [0.15, 0.2) is 5.76 Å². The van der Waals surface area contributed by atoms with Crippen LogP contribution in [0.1, 0.15) is 41.6 Å². The molecule has 0 saturated carbocycles. The van der Waals surface area contributed by atoms with Gasteiger partial charge in [0.2, 0.25) is 0 Å². The molecular formula is C20H26N2O3. The number of benzene rings is 1. The van der Waals surface area contributed by atoms with Crippen molar-refractivity contribution in [2.45, 2.75) is 33.1 Å². The van der Waals surface area contributed by atoms with Crippen LogP contribution in [0.15, 0.2) is 34.7 Å². The summed E-state index contributed by atoms with van der Waals surface area (Å²) in [4.78, 5) is 14.9. The van der Waals surface area contributed by atoms with Crippen molar-refractivity contribution in [3.63, 3.8) is 0 Å². The van der Waals surface area contributed by atoms with Crippen LogP contribution in [0.25, 0.3) is 0 Å². The number of hydrogen-bond acceptors (Lipinski definition) is 4. The molecule has 25 heavy (non-hydrogen) atoms. The van der Waals surface area contributed by atoms with Crippen molar-refractivity contribution in [2.75, 3.05) is 29.9 Å². The lowest BCUT2D eigenvalue weighted by atomic mass is 9.97. The molecule has 134 valence electrons. The zero-order valence-corrected chi connectivity index (χ0v) is 14.9. The number of hydrogen-bond donors (Lipinski definition) is 2. The quantitative estimate of drug-likeness (QED) is 0.871. The fraction of sp³-hybridized carbons (Fsp3) is 0.450. The Balaban J connectivity index is 1.77. The number of aliphatic hydroxyl groups is 1. The first kappa shape index (κ1) is 17.5. The van der Waals surface area contributed by atoms with Crippen LogP contribution >= 0.6 is 0 Å². The number of aryl methyl sites for hydroxylation is 2. The molecule has 0 atom stereocenters. The minimum absolute atomic E-state index is 0.213. The van der Waals surface area contributed by atoms with Gasteiger partial charge < -0.3 is 19.7 Å². The molecule has 3 rings (SSSR count). The summed E-state index contributed by atoms with van der Waals surface area (Å²) in [5, 5.41) is 12.3. The van der Waals surface area contributed by atoms with Crippen molar-refractivity contribution in [2.24, 2.45) is 5.92 Å². The molecular weight excluding hydrogens is 316 g/mol. The van der Waals surface area contributed by atoms with Gasteiger partial charge >= 0.3 is 0 Å². The minimum atomic E-state index is -0.213. The van der Waals surface area contributed by atoms with E-state index >= 15 is 0 Å². The third-order valence-electron chi connectivity index (χ3n) is 4.89. The van der Waals surface area contributed by atoms with Crippen molar-refractivity contribution in [3.8, 4) is 0 Å². The van der Waals surface area contributed by atoms with Gasteiger partial charge in [-0.05, 0) is 43.9 Å². The lowest BCUT2D eigenvalue weighted by molar-refractivity contribution is 0.0994. The summed E-state index contributed by atoms with van der Waals surface area (Å²) >= 11 is 0. The first-order valence-corrected chi connectivity index (χ1v) is 8.97. The number of carbonyl (C=O) groups excluding carboxylic acids is 1. The Morgan fingerprint density at radius 2 is 2.04 bits per heavy atom. The van der Waals surface area contributed by atoms with E-state index in [0.717, 1.165) is 55.1 Å². The standard InChI is InChI=1S/C20H26N2O3/c1-3-16-12-14(2)19(25-16)20(24)21-17-6-4-5-7-18(17)22-10-8-15(13-23)9-11-22/h4-7,12,15,23H,3,8-11,13H2,1-2H3,(H,21,24). The van der Waals surface area contributed by atoms with E-state index in [4.69, 9.17) is 4.42 Å². The molecule has 0 unspecified atom stereocenters. The average molecular weight is 342 g/mol. The first-order chi connectivity index (χ1) is 12.1. The number of anilines is 2. The second-order valence-corrected chi connectivity index (χ2v) is 6.66. The minimum Gasteiger partial charge on any atom is -0.456 e. The summed E-state index contributed by atoms with van der Waals surface area (Å²) in [7, 11) is 0. The smallest absolute Gasteiger partial charge is 0.291 e. The van der Waals surface area contributed by atoms with Crippen LogP contribution in [0, 0.1) is 12.8 Å². The molecule has 1 aromatic carbocycles. The van der Waals surface area contributed by atoms with Gasteiger partial charge in [-0.25, -0.2) is 0 Å². The van der Waals surface area contributed by atoms with E-state index in [0.29, 0.717) is 11.7 Å². The second kappa shape index (κ2) is 7.74. The van der Waals surface area contributed by atoms with Crippen LogP contribution in [0.2, 0.25) is 0 Å². The maximum Gasteiger partial charge on any atom is 0.291 e. The number of carbonyl (C=O) groups is 1. The fourth-order valence-corrected chi connectivity index (χ4v) is 3.34. The molecule has 1 aliphatic rings. The Morgan fingerprint density at radius 1 is 1.32 bits per heavy atom. The van der Waals surface area contributed by atoms with E-state index < -0.39 is 0 Å². The SMILES string of the molecule is CCc1cc(C)c(C(=O)Nc2ccccc2N2CCC(CO)CC2)o1. The van der Waals surface area contributed by atoms with E-state index in [2.05, 4.69) is 10.2 Å². The van der Waals surface area contributed by atoms with Crippen molar-refractivity contribution in [1.29, 1.82) is 0 Å². The molecule has 1 aliphatic heterocycles. The highest BCUT2D eigenvalue weighted by molar-refractivity contribution is 6.05. The summed E-state index contributed by atoms with van der Waals surface area (Å²) in [6, 6.07) is 9.77. The number of nitrogens with zero attached hydrogens (tertiary/aromatic N) is 1. The van der Waals surface area contributed by atoms with Gasteiger partial charge in [0.05, 0.1) is 11.4 Å². The molecule has 0 spiro atoms. The molecule has 1 amide bonds. The Morgan fingerprint density at radius 3 is 2.68 bits per heavy atom. The number of furan rings is 1. The number of amides is 1. The highest BCUT2D eigenvalue weighted by atomic mass is 16.4. The van der Waals surface area contributed by atoms with Crippen LogP contribution in [-0.4, -0.2) is 30.7 Å². The molecule has 0 bridgehead atoms. The maximum absolute atomic E-state index is 12.6. The van der Waals surface area contributed by atoms with Crippen LogP contribution in [-0.2, 0) is 6.42 Å². The zero-order valence-electron chi connectivity index (χ0n) is 14.9. The Labute approximate surface area is 148 Å². The largest absolute Gasteiger partial charge is 0.456 e. The highest BCUT2D eigenvalue weighted by Crippen LogP contribution is 2.30. The van der Waals surface area contributed by atoms with Crippen molar-refractivity contribution in [1.82, 2.24) is 0 Å². The summed E-state index contributed by atoms with van der Waals surface area (Å²) in [5.74, 6) is 1.37. The Bertz CT molecular complexity index is 730.